The molecule has 1 unspecified atom stereocenters. The van der Waals surface area contributed by atoms with Gasteiger partial charge in [0.05, 0.1) is 0 Å². The van der Waals surface area contributed by atoms with E-state index in [0.717, 1.165) is 10.8 Å². The van der Waals surface area contributed by atoms with Gasteiger partial charge in [0.1, 0.15) is 5.75 Å². The van der Waals surface area contributed by atoms with Crippen LogP contribution in [-0.4, -0.2) is 11.3 Å². The predicted molar refractivity (Wildman–Crippen MR) is 61.8 cm³/mol. The quantitative estimate of drug-likeness (QED) is 0.861. The fourth-order valence-electron chi connectivity index (χ4n) is 1.35. The Morgan fingerprint density at radius 2 is 1.87 bits per heavy atom. The summed E-state index contributed by atoms with van der Waals surface area (Å²) in [4.78, 5) is 0. The van der Waals surface area contributed by atoms with E-state index in [1.165, 1.54) is 0 Å². The lowest BCUT2D eigenvalue weighted by atomic mass is 10.1. The first kappa shape index (κ1) is 10.1. The summed E-state index contributed by atoms with van der Waals surface area (Å²) < 4.78 is 18.7. The normalized spacial score (nSPS) is 12.6. The van der Waals surface area contributed by atoms with Crippen molar-refractivity contribution >= 4 is 22.0 Å². The Kier molecular flexibility index (Phi) is 2.99. The van der Waals surface area contributed by atoms with Gasteiger partial charge in [-0.05, 0) is 30.0 Å². The molecule has 0 spiro atoms. The molecular weight excluding hydrogens is 210 g/mol. The molecule has 1 N–H and O–H groups in total. The van der Waals surface area contributed by atoms with Gasteiger partial charge in [0.25, 0.3) is 11.3 Å². The van der Waals surface area contributed by atoms with Crippen LogP contribution >= 0.6 is 0 Å². The Balaban J connectivity index is 2.34. The second-order valence-corrected chi connectivity index (χ2v) is 4.08. The van der Waals surface area contributed by atoms with Gasteiger partial charge in [0.15, 0.2) is 0 Å². The van der Waals surface area contributed by atoms with Crippen LogP contribution in [0.15, 0.2) is 42.5 Å². The Bertz CT molecular complexity index is 499. The molecule has 2 aromatic carbocycles. The molecule has 0 bridgehead atoms. The molecule has 3 nitrogen and oxygen atoms in total. The average molecular weight is 221 g/mol. The first-order valence-electron chi connectivity index (χ1n) is 4.56. The third-order valence-corrected chi connectivity index (χ3v) is 2.74. The van der Waals surface area contributed by atoms with Crippen LogP contribution in [0.4, 0.5) is 0 Å². The van der Waals surface area contributed by atoms with Gasteiger partial charge >= 0.3 is 0 Å². The highest BCUT2D eigenvalue weighted by Gasteiger charge is 2.00. The van der Waals surface area contributed by atoms with Crippen molar-refractivity contribution in [3.63, 3.8) is 0 Å². The zero-order valence-corrected chi connectivity index (χ0v) is 9.08. The van der Waals surface area contributed by atoms with Gasteiger partial charge in [-0.15, -0.1) is 0 Å². The van der Waals surface area contributed by atoms with Crippen molar-refractivity contribution in [2.45, 2.75) is 0 Å². The van der Waals surface area contributed by atoms with Crippen molar-refractivity contribution in [1.29, 1.82) is 0 Å². The Labute approximate surface area is 90.9 Å². The number of rotatable bonds is 3. The maximum Gasteiger partial charge on any atom is 0.287 e. The largest absolute Gasteiger partial charge is 0.389 e. The molecule has 0 aliphatic heterocycles. The van der Waals surface area contributed by atoms with E-state index in [4.69, 9.17) is 4.18 Å². The predicted octanol–water partition coefficient (Wildman–Crippen LogP) is 2.02. The lowest BCUT2D eigenvalue weighted by Crippen LogP contribution is -2.16. The topological polar surface area (TPSA) is 38.3 Å². The third-order valence-electron chi connectivity index (χ3n) is 2.06. The van der Waals surface area contributed by atoms with Gasteiger partial charge in [-0.2, -0.15) is 4.21 Å². The van der Waals surface area contributed by atoms with Crippen LogP contribution in [0.5, 0.6) is 5.75 Å². The van der Waals surface area contributed by atoms with Crippen molar-refractivity contribution in [2.24, 2.45) is 0 Å². The van der Waals surface area contributed by atoms with Crippen molar-refractivity contribution in [2.75, 3.05) is 7.05 Å². The second kappa shape index (κ2) is 4.42. The SMILES string of the molecule is CNS(=O)Oc1ccc2ccccc2c1. The molecule has 0 aromatic heterocycles. The van der Waals surface area contributed by atoms with Crippen LogP contribution in [0.25, 0.3) is 10.8 Å². The molecule has 2 aromatic rings. The van der Waals surface area contributed by atoms with Crippen LogP contribution in [0, 0.1) is 0 Å². The highest BCUT2D eigenvalue weighted by Crippen LogP contribution is 2.20. The minimum atomic E-state index is -1.47. The fourth-order valence-corrected chi connectivity index (χ4v) is 1.71. The van der Waals surface area contributed by atoms with Crippen molar-refractivity contribution in [3.8, 4) is 5.75 Å². The molecule has 4 heteroatoms. The molecular formula is C11H11NO2S. The summed E-state index contributed by atoms with van der Waals surface area (Å²) in [6.07, 6.45) is 0. The van der Waals surface area contributed by atoms with Gasteiger partial charge < -0.3 is 4.18 Å². The van der Waals surface area contributed by atoms with Crippen LogP contribution in [0.1, 0.15) is 0 Å². The third kappa shape index (κ3) is 2.34. The minimum absolute atomic E-state index is 0.599. The molecule has 0 radical (unpaired) electrons. The smallest absolute Gasteiger partial charge is 0.287 e. The molecule has 0 heterocycles. The van der Waals surface area contributed by atoms with Crippen LogP contribution < -0.4 is 8.91 Å². The minimum Gasteiger partial charge on any atom is -0.389 e. The number of fused-ring (bicyclic) bond motifs is 1. The summed E-state index contributed by atoms with van der Waals surface area (Å²) in [7, 11) is 1.58. The van der Waals surface area contributed by atoms with Crippen molar-refractivity contribution < 1.29 is 8.39 Å². The molecule has 2 rings (SSSR count). The first-order chi connectivity index (χ1) is 7.29. The van der Waals surface area contributed by atoms with E-state index in [1.807, 2.05) is 36.4 Å². The molecule has 0 saturated carbocycles. The highest BCUT2D eigenvalue weighted by atomic mass is 32.2. The van der Waals surface area contributed by atoms with E-state index in [-0.39, 0.29) is 0 Å². The lowest BCUT2D eigenvalue weighted by molar-refractivity contribution is 0.554. The molecule has 1 atom stereocenters. The van der Waals surface area contributed by atoms with Gasteiger partial charge in [0, 0.05) is 0 Å². The van der Waals surface area contributed by atoms with E-state index in [1.54, 1.807) is 13.1 Å². The summed E-state index contributed by atoms with van der Waals surface area (Å²) in [5.74, 6) is 0.599. The maximum atomic E-state index is 11.1. The van der Waals surface area contributed by atoms with Gasteiger partial charge in [-0.25, -0.2) is 4.72 Å². The van der Waals surface area contributed by atoms with Crippen LogP contribution in [0.2, 0.25) is 0 Å². The molecule has 0 aliphatic rings. The molecule has 15 heavy (non-hydrogen) atoms. The Morgan fingerprint density at radius 3 is 2.60 bits per heavy atom. The van der Waals surface area contributed by atoms with E-state index in [9.17, 15) is 4.21 Å². The van der Waals surface area contributed by atoms with Gasteiger partial charge in [-0.3, -0.25) is 0 Å². The molecule has 0 fully saturated rings. The zero-order valence-electron chi connectivity index (χ0n) is 8.27. The number of hydrogen-bond acceptors (Lipinski definition) is 2. The summed E-state index contributed by atoms with van der Waals surface area (Å²) >= 11 is -1.47. The van der Waals surface area contributed by atoms with E-state index >= 15 is 0 Å². The number of hydrogen-bond donors (Lipinski definition) is 1. The number of nitrogens with one attached hydrogen (secondary N) is 1. The average Bonchev–Trinajstić information content (AvgIpc) is 2.29. The second-order valence-electron chi connectivity index (χ2n) is 3.03. The summed E-state index contributed by atoms with van der Waals surface area (Å²) in [5, 5.41) is 2.21. The van der Waals surface area contributed by atoms with Gasteiger partial charge in [-0.1, -0.05) is 30.3 Å². The fraction of sp³-hybridized carbons (Fsp3) is 0.0909. The van der Waals surface area contributed by atoms with E-state index in [2.05, 4.69) is 4.72 Å². The monoisotopic (exact) mass is 221 g/mol. The molecule has 0 amide bonds. The highest BCUT2D eigenvalue weighted by molar-refractivity contribution is 7.78. The Hall–Kier alpha value is -1.39. The van der Waals surface area contributed by atoms with Crippen molar-refractivity contribution in [1.82, 2.24) is 4.72 Å². The van der Waals surface area contributed by atoms with Crippen LogP contribution in [0.3, 0.4) is 0 Å². The molecule has 78 valence electrons. The Morgan fingerprint density at radius 1 is 1.13 bits per heavy atom. The van der Waals surface area contributed by atoms with E-state index in [0.29, 0.717) is 5.75 Å². The maximum absolute atomic E-state index is 11.1. The van der Waals surface area contributed by atoms with Crippen LogP contribution in [-0.2, 0) is 11.3 Å². The molecule has 0 saturated heterocycles. The summed E-state index contributed by atoms with van der Waals surface area (Å²) in [6.45, 7) is 0. The van der Waals surface area contributed by atoms with Crippen molar-refractivity contribution in [3.05, 3.63) is 42.5 Å². The number of benzene rings is 2. The first-order valence-corrected chi connectivity index (χ1v) is 5.63. The lowest BCUT2D eigenvalue weighted by Gasteiger charge is -2.04. The zero-order chi connectivity index (χ0) is 10.7. The summed E-state index contributed by atoms with van der Waals surface area (Å²) in [6, 6.07) is 13.6. The van der Waals surface area contributed by atoms with E-state index < -0.39 is 11.3 Å². The summed E-state index contributed by atoms with van der Waals surface area (Å²) in [5.41, 5.74) is 0. The van der Waals surface area contributed by atoms with Gasteiger partial charge in [0.2, 0.25) is 0 Å². The standard InChI is InChI=1S/C11H11NO2S/c1-12-15(13)14-11-7-6-9-4-2-3-5-10(9)8-11/h2-8,12H,1H3. The molecule has 0 aliphatic carbocycles.